The van der Waals surface area contributed by atoms with Crippen LogP contribution in [0.15, 0.2) is 28.8 Å². The monoisotopic (exact) mass is 242 g/mol. The molecule has 0 aliphatic heterocycles. The van der Waals surface area contributed by atoms with Crippen LogP contribution in [0.5, 0.6) is 0 Å². The van der Waals surface area contributed by atoms with Gasteiger partial charge in [0.25, 0.3) is 0 Å². The molecule has 0 spiro atoms. The number of hydrogen-bond donors (Lipinski definition) is 1. The molecular weight excluding hydrogens is 235 g/mol. The lowest BCUT2D eigenvalue weighted by Gasteiger charge is -2.00. The van der Waals surface area contributed by atoms with Gasteiger partial charge in [-0.3, -0.25) is 0 Å². The van der Waals surface area contributed by atoms with E-state index < -0.39 is 0 Å². The summed E-state index contributed by atoms with van der Waals surface area (Å²) in [6.07, 6.45) is 0. The predicted molar refractivity (Wildman–Crippen MR) is 59.9 cm³/mol. The fourth-order valence-corrected chi connectivity index (χ4v) is 1.64. The summed E-state index contributed by atoms with van der Waals surface area (Å²) in [6, 6.07) is 7.10. The minimum Gasteiger partial charge on any atom is -0.359 e. The second-order valence-corrected chi connectivity index (χ2v) is 3.77. The van der Waals surface area contributed by atoms with Gasteiger partial charge in [0.15, 0.2) is 5.76 Å². The van der Waals surface area contributed by atoms with E-state index in [9.17, 15) is 0 Å². The SMILES string of the molecule is NCc1cc(-c2cccc(Cl)c2Cl)no1. The summed E-state index contributed by atoms with van der Waals surface area (Å²) in [6.45, 7) is 0.311. The molecule has 15 heavy (non-hydrogen) atoms. The maximum Gasteiger partial charge on any atom is 0.150 e. The van der Waals surface area contributed by atoms with E-state index in [0.717, 1.165) is 5.56 Å². The minimum absolute atomic E-state index is 0.311. The van der Waals surface area contributed by atoms with E-state index in [0.29, 0.717) is 28.0 Å². The molecule has 2 aromatic rings. The molecule has 0 aliphatic carbocycles. The highest BCUT2D eigenvalue weighted by Crippen LogP contribution is 2.32. The molecule has 0 saturated heterocycles. The molecule has 78 valence electrons. The van der Waals surface area contributed by atoms with E-state index in [2.05, 4.69) is 5.16 Å². The fourth-order valence-electron chi connectivity index (χ4n) is 1.24. The van der Waals surface area contributed by atoms with Crippen molar-refractivity contribution in [3.63, 3.8) is 0 Å². The molecule has 5 heteroatoms. The van der Waals surface area contributed by atoms with Crippen molar-refractivity contribution in [2.24, 2.45) is 5.73 Å². The maximum absolute atomic E-state index is 6.04. The first kappa shape index (κ1) is 10.5. The molecule has 1 heterocycles. The molecule has 0 amide bonds. The topological polar surface area (TPSA) is 52.0 Å². The first-order chi connectivity index (χ1) is 7.22. The summed E-state index contributed by atoms with van der Waals surface area (Å²) >= 11 is 11.9. The summed E-state index contributed by atoms with van der Waals surface area (Å²) in [7, 11) is 0. The molecule has 1 aromatic carbocycles. The van der Waals surface area contributed by atoms with Gasteiger partial charge in [-0.1, -0.05) is 40.5 Å². The van der Waals surface area contributed by atoms with E-state index in [1.54, 1.807) is 18.2 Å². The average Bonchev–Trinajstić information content (AvgIpc) is 2.70. The highest BCUT2D eigenvalue weighted by Gasteiger charge is 2.10. The molecule has 3 nitrogen and oxygen atoms in total. The van der Waals surface area contributed by atoms with Crippen LogP contribution in [0.3, 0.4) is 0 Å². The molecule has 0 aliphatic rings. The Morgan fingerprint density at radius 2 is 2.13 bits per heavy atom. The van der Waals surface area contributed by atoms with Crippen LogP contribution in [0, 0.1) is 0 Å². The summed E-state index contributed by atoms with van der Waals surface area (Å²) in [4.78, 5) is 0. The first-order valence-electron chi connectivity index (χ1n) is 4.32. The number of nitrogens with zero attached hydrogens (tertiary/aromatic N) is 1. The van der Waals surface area contributed by atoms with Gasteiger partial charge in [-0.15, -0.1) is 0 Å². The molecule has 2 N–H and O–H groups in total. The van der Waals surface area contributed by atoms with Gasteiger partial charge < -0.3 is 10.3 Å². The molecule has 1 aromatic heterocycles. The van der Waals surface area contributed by atoms with Crippen LogP contribution in [0.2, 0.25) is 10.0 Å². The third-order valence-corrected chi connectivity index (χ3v) is 2.81. The predicted octanol–water partition coefficient (Wildman–Crippen LogP) is 3.11. The quantitative estimate of drug-likeness (QED) is 0.881. The molecule has 0 saturated carbocycles. The van der Waals surface area contributed by atoms with E-state index in [1.807, 2.05) is 6.07 Å². The van der Waals surface area contributed by atoms with Crippen molar-refractivity contribution in [2.45, 2.75) is 6.54 Å². The van der Waals surface area contributed by atoms with Crippen LogP contribution in [-0.2, 0) is 6.54 Å². The van der Waals surface area contributed by atoms with Crippen molar-refractivity contribution in [3.8, 4) is 11.3 Å². The van der Waals surface area contributed by atoms with Crippen LogP contribution in [-0.4, -0.2) is 5.16 Å². The molecule has 0 atom stereocenters. The van der Waals surface area contributed by atoms with Crippen molar-refractivity contribution in [1.82, 2.24) is 5.16 Å². The molecule has 2 rings (SSSR count). The highest BCUT2D eigenvalue weighted by atomic mass is 35.5. The van der Waals surface area contributed by atoms with E-state index in [-0.39, 0.29) is 0 Å². The smallest absolute Gasteiger partial charge is 0.150 e. The zero-order chi connectivity index (χ0) is 10.8. The normalized spacial score (nSPS) is 10.6. The summed E-state index contributed by atoms with van der Waals surface area (Å²) in [5.41, 5.74) is 6.80. The van der Waals surface area contributed by atoms with Crippen molar-refractivity contribution >= 4 is 23.2 Å². The Kier molecular flexibility index (Phi) is 2.95. The summed E-state index contributed by atoms with van der Waals surface area (Å²) in [5, 5.41) is 4.82. The second kappa shape index (κ2) is 4.23. The van der Waals surface area contributed by atoms with Crippen molar-refractivity contribution in [2.75, 3.05) is 0 Å². The van der Waals surface area contributed by atoms with Gasteiger partial charge >= 0.3 is 0 Å². The van der Waals surface area contributed by atoms with Crippen LogP contribution in [0.4, 0.5) is 0 Å². The minimum atomic E-state index is 0.311. The van der Waals surface area contributed by atoms with Gasteiger partial charge in [-0.05, 0) is 6.07 Å². The molecule has 0 bridgehead atoms. The van der Waals surface area contributed by atoms with Crippen LogP contribution < -0.4 is 5.73 Å². The highest BCUT2D eigenvalue weighted by molar-refractivity contribution is 6.43. The molecular formula is C10H8Cl2N2O. The van der Waals surface area contributed by atoms with Gasteiger partial charge in [0.2, 0.25) is 0 Å². The van der Waals surface area contributed by atoms with Crippen LogP contribution in [0.1, 0.15) is 5.76 Å². The van der Waals surface area contributed by atoms with E-state index in [1.165, 1.54) is 0 Å². The Morgan fingerprint density at radius 1 is 1.33 bits per heavy atom. The Hall–Kier alpha value is -1.03. The number of benzene rings is 1. The number of nitrogens with two attached hydrogens (primary N) is 1. The summed E-state index contributed by atoms with van der Waals surface area (Å²) in [5.74, 6) is 0.612. The lowest BCUT2D eigenvalue weighted by molar-refractivity contribution is 0.387. The molecule has 0 radical (unpaired) electrons. The molecule has 0 fully saturated rings. The van der Waals surface area contributed by atoms with Crippen molar-refractivity contribution in [3.05, 3.63) is 40.1 Å². The lowest BCUT2D eigenvalue weighted by atomic mass is 10.1. The van der Waals surface area contributed by atoms with Gasteiger partial charge in [-0.2, -0.15) is 0 Å². The second-order valence-electron chi connectivity index (χ2n) is 2.98. The van der Waals surface area contributed by atoms with Gasteiger partial charge in [0, 0.05) is 11.6 Å². The van der Waals surface area contributed by atoms with Crippen molar-refractivity contribution < 1.29 is 4.52 Å². The Balaban J connectivity index is 2.49. The van der Waals surface area contributed by atoms with Crippen LogP contribution >= 0.6 is 23.2 Å². The Labute approximate surface area is 96.8 Å². The third-order valence-electron chi connectivity index (χ3n) is 1.99. The Bertz CT molecular complexity index is 482. The number of rotatable bonds is 2. The standard InChI is InChI=1S/C10H8Cl2N2O/c11-8-3-1-2-7(10(8)12)9-4-6(5-13)15-14-9/h1-4H,5,13H2. The Morgan fingerprint density at radius 3 is 2.80 bits per heavy atom. The van der Waals surface area contributed by atoms with Crippen LogP contribution in [0.25, 0.3) is 11.3 Å². The maximum atomic E-state index is 6.04. The van der Waals surface area contributed by atoms with E-state index >= 15 is 0 Å². The molecule has 0 unspecified atom stereocenters. The van der Waals surface area contributed by atoms with E-state index in [4.69, 9.17) is 33.5 Å². The third kappa shape index (κ3) is 2.00. The largest absolute Gasteiger partial charge is 0.359 e. The van der Waals surface area contributed by atoms with Gasteiger partial charge in [0.1, 0.15) is 5.69 Å². The van der Waals surface area contributed by atoms with Crippen molar-refractivity contribution in [1.29, 1.82) is 0 Å². The number of hydrogen-bond acceptors (Lipinski definition) is 3. The van der Waals surface area contributed by atoms with Gasteiger partial charge in [0.05, 0.1) is 16.6 Å². The average molecular weight is 243 g/mol. The summed E-state index contributed by atoms with van der Waals surface area (Å²) < 4.78 is 4.99. The number of halogens is 2. The lowest BCUT2D eigenvalue weighted by Crippen LogP contribution is -1.92. The van der Waals surface area contributed by atoms with Gasteiger partial charge in [-0.25, -0.2) is 0 Å². The zero-order valence-electron chi connectivity index (χ0n) is 7.71. The number of aromatic nitrogens is 1. The first-order valence-corrected chi connectivity index (χ1v) is 5.08. The fraction of sp³-hybridized carbons (Fsp3) is 0.100. The zero-order valence-corrected chi connectivity index (χ0v) is 9.22.